The molecule has 0 unspecified atom stereocenters. The molecule has 2 aromatic carbocycles. The number of unbranched alkanes of at least 4 members (excludes halogenated alkanes) is 3. The lowest BCUT2D eigenvalue weighted by molar-refractivity contribution is 0.235. The van der Waals surface area contributed by atoms with Crippen LogP contribution in [0.15, 0.2) is 48.5 Å². The fourth-order valence-electron chi connectivity index (χ4n) is 2.91. The van der Waals surface area contributed by atoms with Gasteiger partial charge in [0.15, 0.2) is 0 Å². The smallest absolute Gasteiger partial charge is 0.314 e. The molecule has 0 aromatic heterocycles. The maximum Gasteiger partial charge on any atom is 0.314 e. The highest BCUT2D eigenvalue weighted by Crippen LogP contribution is 2.23. The number of benzene rings is 2. The lowest BCUT2D eigenvalue weighted by atomic mass is 10.2. The molecule has 0 atom stereocenters. The van der Waals surface area contributed by atoms with Gasteiger partial charge >= 0.3 is 12.1 Å². The molecule has 0 heterocycles. The Morgan fingerprint density at radius 1 is 0.588 bits per heavy atom. The van der Waals surface area contributed by atoms with E-state index in [0.717, 1.165) is 25.7 Å². The zero-order valence-corrected chi connectivity index (χ0v) is 20.6. The minimum atomic E-state index is -0.223. The van der Waals surface area contributed by atoms with E-state index < -0.39 is 0 Å². The van der Waals surface area contributed by atoms with Gasteiger partial charge < -0.3 is 30.7 Å². The average molecular weight is 511 g/mol. The number of ether oxygens (including phenoxy) is 2. The number of hydrogen-bond acceptors (Lipinski definition) is 4. The van der Waals surface area contributed by atoms with Crippen molar-refractivity contribution in [3.8, 4) is 11.5 Å². The molecule has 0 radical (unpaired) electrons. The molecule has 4 N–H and O–H groups in total. The highest BCUT2D eigenvalue weighted by molar-refractivity contribution is 6.32. The summed E-state index contributed by atoms with van der Waals surface area (Å²) in [6.45, 7) is 2.64. The first-order chi connectivity index (χ1) is 16.6. The fraction of sp³-hybridized carbons (Fsp3) is 0.417. The van der Waals surface area contributed by atoms with Gasteiger partial charge in [0.05, 0.1) is 23.1 Å². The van der Waals surface area contributed by atoms with E-state index in [1.54, 1.807) is 24.3 Å². The van der Waals surface area contributed by atoms with Crippen LogP contribution in [0, 0.1) is 0 Å². The van der Waals surface area contributed by atoms with Crippen LogP contribution in [0.2, 0.25) is 10.0 Å². The van der Waals surface area contributed by atoms with Gasteiger partial charge in [-0.2, -0.15) is 0 Å². The third-order valence-corrected chi connectivity index (χ3v) is 5.26. The molecule has 2 rings (SSSR count). The first-order valence-corrected chi connectivity index (χ1v) is 12.1. The van der Waals surface area contributed by atoms with E-state index >= 15 is 0 Å². The number of para-hydroxylation sites is 2. The standard InChI is InChI=1S/C24H32Cl2N4O4/c25-19-9-3-5-11-21(19)33-17-15-29-23(31)27-13-7-1-2-8-14-28-24(32)30-16-18-34-22-12-6-4-10-20(22)26/h3-6,9-12H,1-2,7-8,13-18H2,(H2,27,29,31)(H2,28,30,32). The van der Waals surface area contributed by atoms with Crippen LogP contribution >= 0.6 is 23.2 Å². The molecule has 186 valence electrons. The molecule has 0 bridgehead atoms. The SMILES string of the molecule is O=C(NCCCCCCNC(=O)NCCOc1ccccc1Cl)NCCOc1ccccc1Cl. The lowest BCUT2D eigenvalue weighted by Crippen LogP contribution is -2.38. The van der Waals surface area contributed by atoms with Gasteiger partial charge in [-0.3, -0.25) is 0 Å². The molecular weight excluding hydrogens is 479 g/mol. The van der Waals surface area contributed by atoms with E-state index in [9.17, 15) is 9.59 Å². The first kappa shape index (κ1) is 27.4. The van der Waals surface area contributed by atoms with E-state index in [1.165, 1.54) is 0 Å². The molecule has 0 aliphatic rings. The van der Waals surface area contributed by atoms with Gasteiger partial charge in [0.25, 0.3) is 0 Å². The second kappa shape index (κ2) is 16.7. The summed E-state index contributed by atoms with van der Waals surface area (Å²) in [7, 11) is 0. The molecule has 10 heteroatoms. The normalized spacial score (nSPS) is 10.3. The second-order valence-corrected chi connectivity index (χ2v) is 8.15. The molecule has 0 aliphatic carbocycles. The summed E-state index contributed by atoms with van der Waals surface area (Å²) in [6, 6.07) is 14.0. The Hall–Kier alpha value is -2.84. The Balaban J connectivity index is 1.36. The van der Waals surface area contributed by atoms with Crippen LogP contribution in [-0.4, -0.2) is 51.5 Å². The first-order valence-electron chi connectivity index (χ1n) is 11.3. The highest BCUT2D eigenvalue weighted by Gasteiger charge is 2.03. The third-order valence-electron chi connectivity index (χ3n) is 4.64. The van der Waals surface area contributed by atoms with E-state index in [-0.39, 0.29) is 12.1 Å². The predicted molar refractivity (Wildman–Crippen MR) is 135 cm³/mol. The molecule has 2 aromatic rings. The van der Waals surface area contributed by atoms with Crippen molar-refractivity contribution < 1.29 is 19.1 Å². The van der Waals surface area contributed by atoms with Crippen LogP contribution in [0.4, 0.5) is 9.59 Å². The van der Waals surface area contributed by atoms with Crippen molar-refractivity contribution in [1.29, 1.82) is 0 Å². The van der Waals surface area contributed by atoms with Crippen LogP contribution < -0.4 is 30.7 Å². The second-order valence-electron chi connectivity index (χ2n) is 7.34. The van der Waals surface area contributed by atoms with Crippen LogP contribution in [0.1, 0.15) is 25.7 Å². The molecule has 0 fully saturated rings. The van der Waals surface area contributed by atoms with Crippen LogP contribution in [0.5, 0.6) is 11.5 Å². The van der Waals surface area contributed by atoms with Crippen LogP contribution in [0.3, 0.4) is 0 Å². The van der Waals surface area contributed by atoms with Crippen molar-refractivity contribution in [3.05, 3.63) is 58.6 Å². The number of urea groups is 2. The minimum absolute atomic E-state index is 0.223. The predicted octanol–water partition coefficient (Wildman–Crippen LogP) is 4.61. The van der Waals surface area contributed by atoms with Gasteiger partial charge in [0.1, 0.15) is 24.7 Å². The average Bonchev–Trinajstić information content (AvgIpc) is 2.83. The Labute approximate surface area is 210 Å². The van der Waals surface area contributed by atoms with Crippen molar-refractivity contribution in [2.24, 2.45) is 0 Å². The monoisotopic (exact) mass is 510 g/mol. The number of halogens is 2. The zero-order valence-electron chi connectivity index (χ0n) is 19.1. The van der Waals surface area contributed by atoms with Gasteiger partial charge in [-0.25, -0.2) is 9.59 Å². The molecule has 4 amide bonds. The van der Waals surface area contributed by atoms with Gasteiger partial charge in [-0.15, -0.1) is 0 Å². The summed E-state index contributed by atoms with van der Waals surface area (Å²) in [5.41, 5.74) is 0. The topological polar surface area (TPSA) is 101 Å². The summed E-state index contributed by atoms with van der Waals surface area (Å²) >= 11 is 12.0. The van der Waals surface area contributed by atoms with Gasteiger partial charge in [0.2, 0.25) is 0 Å². The molecule has 8 nitrogen and oxygen atoms in total. The molecule has 0 saturated carbocycles. The summed E-state index contributed by atoms with van der Waals surface area (Å²) in [5.74, 6) is 1.20. The molecule has 0 spiro atoms. The maximum absolute atomic E-state index is 11.8. The molecule has 34 heavy (non-hydrogen) atoms. The van der Waals surface area contributed by atoms with Crippen molar-refractivity contribution in [1.82, 2.24) is 21.3 Å². The third kappa shape index (κ3) is 11.9. The van der Waals surface area contributed by atoms with Gasteiger partial charge in [0, 0.05) is 13.1 Å². The minimum Gasteiger partial charge on any atom is -0.490 e. The zero-order chi connectivity index (χ0) is 24.4. The number of carbonyl (C=O) groups excluding carboxylic acids is 2. The summed E-state index contributed by atoms with van der Waals surface area (Å²) in [5, 5.41) is 12.2. The Bertz CT molecular complexity index is 814. The Morgan fingerprint density at radius 3 is 1.38 bits per heavy atom. The molecule has 0 aliphatic heterocycles. The van der Waals surface area contributed by atoms with Crippen molar-refractivity contribution >= 4 is 35.3 Å². The van der Waals surface area contributed by atoms with E-state index in [2.05, 4.69) is 21.3 Å². The number of hydrogen-bond donors (Lipinski definition) is 4. The maximum atomic E-state index is 11.8. The van der Waals surface area contributed by atoms with Crippen molar-refractivity contribution in [2.75, 3.05) is 39.4 Å². The lowest BCUT2D eigenvalue weighted by Gasteiger charge is -2.10. The quantitative estimate of drug-likeness (QED) is 0.263. The molecular formula is C24H32Cl2N4O4. The summed E-state index contributed by atoms with van der Waals surface area (Å²) < 4.78 is 11.0. The van der Waals surface area contributed by atoms with Crippen molar-refractivity contribution in [3.63, 3.8) is 0 Å². The summed E-state index contributed by atoms with van der Waals surface area (Å²) in [4.78, 5) is 23.5. The largest absolute Gasteiger partial charge is 0.490 e. The Kier molecular flexibility index (Phi) is 13.5. The van der Waals surface area contributed by atoms with Gasteiger partial charge in [-0.05, 0) is 37.1 Å². The van der Waals surface area contributed by atoms with E-state index in [1.807, 2.05) is 24.3 Å². The molecule has 0 saturated heterocycles. The fourth-order valence-corrected chi connectivity index (χ4v) is 3.29. The number of carbonyl (C=O) groups is 2. The number of rotatable bonds is 15. The number of nitrogens with one attached hydrogen (secondary N) is 4. The summed E-state index contributed by atoms with van der Waals surface area (Å²) in [6.07, 6.45) is 3.67. The van der Waals surface area contributed by atoms with Gasteiger partial charge in [-0.1, -0.05) is 60.3 Å². The van der Waals surface area contributed by atoms with Crippen LogP contribution in [0.25, 0.3) is 0 Å². The Morgan fingerprint density at radius 2 is 0.971 bits per heavy atom. The van der Waals surface area contributed by atoms with Crippen LogP contribution in [-0.2, 0) is 0 Å². The number of amides is 4. The van der Waals surface area contributed by atoms with E-state index in [0.29, 0.717) is 60.9 Å². The van der Waals surface area contributed by atoms with E-state index in [4.69, 9.17) is 32.7 Å². The van der Waals surface area contributed by atoms with Crippen molar-refractivity contribution in [2.45, 2.75) is 25.7 Å². The highest BCUT2D eigenvalue weighted by atomic mass is 35.5.